The summed E-state index contributed by atoms with van der Waals surface area (Å²) < 4.78 is 21.7. The average Bonchev–Trinajstić information content (AvgIpc) is 2.99. The molecular formula is C33H28O8. The van der Waals surface area contributed by atoms with Crippen molar-refractivity contribution in [1.82, 2.24) is 0 Å². The number of benzene rings is 4. The molecule has 0 radical (unpaired) electrons. The van der Waals surface area contributed by atoms with Gasteiger partial charge in [0, 0.05) is 0 Å². The highest BCUT2D eigenvalue weighted by atomic mass is 16.6. The lowest BCUT2D eigenvalue weighted by Gasteiger charge is -2.18. The van der Waals surface area contributed by atoms with Crippen molar-refractivity contribution in [1.29, 1.82) is 0 Å². The van der Waals surface area contributed by atoms with Crippen molar-refractivity contribution in [2.24, 2.45) is 11.8 Å². The highest BCUT2D eigenvalue weighted by Gasteiger charge is 2.34. The predicted molar refractivity (Wildman–Crippen MR) is 149 cm³/mol. The van der Waals surface area contributed by atoms with Crippen LogP contribution in [0.1, 0.15) is 19.3 Å². The number of carbonyl (C=O) groups excluding carboxylic acids is 4. The Morgan fingerprint density at radius 3 is 0.829 bits per heavy atom. The van der Waals surface area contributed by atoms with Crippen LogP contribution in [0.3, 0.4) is 0 Å². The van der Waals surface area contributed by atoms with Crippen LogP contribution in [0.2, 0.25) is 0 Å². The molecular weight excluding hydrogens is 524 g/mol. The second kappa shape index (κ2) is 14.8. The maximum Gasteiger partial charge on any atom is 0.325 e. The third-order valence-corrected chi connectivity index (χ3v) is 5.97. The van der Waals surface area contributed by atoms with Gasteiger partial charge >= 0.3 is 23.9 Å². The summed E-state index contributed by atoms with van der Waals surface area (Å²) >= 11 is 0. The molecule has 8 heteroatoms. The van der Waals surface area contributed by atoms with E-state index in [0.29, 0.717) is 0 Å². The smallest absolute Gasteiger partial charge is 0.325 e. The van der Waals surface area contributed by atoms with E-state index in [4.69, 9.17) is 18.9 Å². The summed E-state index contributed by atoms with van der Waals surface area (Å²) in [7, 11) is 0. The van der Waals surface area contributed by atoms with Crippen molar-refractivity contribution in [3.05, 3.63) is 121 Å². The van der Waals surface area contributed by atoms with Crippen LogP contribution in [0, 0.1) is 11.8 Å². The summed E-state index contributed by atoms with van der Waals surface area (Å²) in [6.07, 6.45) is 0.00697. The van der Waals surface area contributed by atoms with Crippen LogP contribution in [0.25, 0.3) is 0 Å². The quantitative estimate of drug-likeness (QED) is 0.123. The number of carbonyl (C=O) groups is 4. The summed E-state index contributed by atoms with van der Waals surface area (Å²) in [5, 5.41) is 0. The van der Waals surface area contributed by atoms with Gasteiger partial charge in [-0.15, -0.1) is 0 Å². The molecule has 0 amide bonds. The molecule has 0 bridgehead atoms. The van der Waals surface area contributed by atoms with E-state index in [1.165, 1.54) is 0 Å². The minimum absolute atomic E-state index is 0.0505. The van der Waals surface area contributed by atoms with Gasteiger partial charge < -0.3 is 18.9 Å². The molecule has 0 aliphatic carbocycles. The molecule has 0 spiro atoms. The van der Waals surface area contributed by atoms with Crippen LogP contribution < -0.4 is 18.9 Å². The van der Waals surface area contributed by atoms with Crippen molar-refractivity contribution in [2.75, 3.05) is 0 Å². The fraction of sp³-hybridized carbons (Fsp3) is 0.152. The molecule has 4 aromatic rings. The van der Waals surface area contributed by atoms with Crippen molar-refractivity contribution in [3.63, 3.8) is 0 Å². The first-order valence-corrected chi connectivity index (χ1v) is 13.1. The molecule has 4 aromatic carbocycles. The van der Waals surface area contributed by atoms with Crippen molar-refractivity contribution >= 4 is 23.9 Å². The highest BCUT2D eigenvalue weighted by molar-refractivity contribution is 5.97. The number of para-hydroxylation sites is 4. The van der Waals surface area contributed by atoms with Crippen molar-refractivity contribution in [3.8, 4) is 23.0 Å². The van der Waals surface area contributed by atoms with Gasteiger partial charge in [-0.3, -0.25) is 19.2 Å². The molecule has 0 aromatic heterocycles. The van der Waals surface area contributed by atoms with Gasteiger partial charge in [-0.2, -0.15) is 0 Å². The van der Waals surface area contributed by atoms with Crippen LogP contribution in [-0.4, -0.2) is 23.9 Å². The van der Waals surface area contributed by atoms with Crippen LogP contribution >= 0.6 is 0 Å². The van der Waals surface area contributed by atoms with Gasteiger partial charge in [0.15, 0.2) is 11.8 Å². The van der Waals surface area contributed by atoms with E-state index in [9.17, 15) is 19.2 Å². The SMILES string of the molecule is O=C(Oc1ccccc1)C(CCCC(C(=O)Oc1ccccc1)C(=O)Oc1ccccc1)C(=O)Oc1ccccc1. The van der Waals surface area contributed by atoms with Gasteiger partial charge in [0.25, 0.3) is 0 Å². The molecule has 8 nitrogen and oxygen atoms in total. The van der Waals surface area contributed by atoms with E-state index in [1.54, 1.807) is 121 Å². The molecule has 0 heterocycles. The van der Waals surface area contributed by atoms with Crippen LogP contribution in [0.4, 0.5) is 0 Å². The fourth-order valence-corrected chi connectivity index (χ4v) is 3.89. The molecule has 4 rings (SSSR count). The third-order valence-electron chi connectivity index (χ3n) is 5.97. The van der Waals surface area contributed by atoms with E-state index in [2.05, 4.69) is 0 Å². The van der Waals surface area contributed by atoms with Gasteiger partial charge in [-0.25, -0.2) is 0 Å². The molecule has 0 aliphatic rings. The Kier molecular flexibility index (Phi) is 10.4. The monoisotopic (exact) mass is 552 g/mol. The van der Waals surface area contributed by atoms with Gasteiger partial charge in [-0.05, 0) is 61.4 Å². The second-order valence-corrected chi connectivity index (χ2v) is 8.97. The van der Waals surface area contributed by atoms with E-state index < -0.39 is 35.7 Å². The zero-order valence-electron chi connectivity index (χ0n) is 22.1. The molecule has 208 valence electrons. The molecule has 0 fully saturated rings. The molecule has 41 heavy (non-hydrogen) atoms. The van der Waals surface area contributed by atoms with Crippen LogP contribution in [0.15, 0.2) is 121 Å². The Morgan fingerprint density at radius 2 is 0.610 bits per heavy atom. The Morgan fingerprint density at radius 1 is 0.390 bits per heavy atom. The van der Waals surface area contributed by atoms with Gasteiger partial charge in [0.05, 0.1) is 0 Å². The normalized spacial score (nSPS) is 10.6. The zero-order chi connectivity index (χ0) is 28.9. The van der Waals surface area contributed by atoms with E-state index in [0.717, 1.165) is 0 Å². The second-order valence-electron chi connectivity index (χ2n) is 8.97. The first kappa shape index (κ1) is 28.8. The number of hydrogen-bond acceptors (Lipinski definition) is 8. The highest BCUT2D eigenvalue weighted by Crippen LogP contribution is 2.23. The Bertz CT molecular complexity index is 1210. The maximum atomic E-state index is 13.1. The predicted octanol–water partition coefficient (Wildman–Crippen LogP) is 5.81. The number of ether oxygens (including phenoxy) is 4. The Labute approximate surface area is 237 Å². The van der Waals surface area contributed by atoms with Crippen molar-refractivity contribution < 1.29 is 38.1 Å². The van der Waals surface area contributed by atoms with Crippen LogP contribution in [-0.2, 0) is 19.2 Å². The molecule has 0 N–H and O–H groups in total. The Hall–Kier alpha value is -5.24. The average molecular weight is 553 g/mol. The van der Waals surface area contributed by atoms with Crippen molar-refractivity contribution in [2.45, 2.75) is 19.3 Å². The van der Waals surface area contributed by atoms with E-state index >= 15 is 0 Å². The summed E-state index contributed by atoms with van der Waals surface area (Å²) in [4.78, 5) is 52.3. The largest absolute Gasteiger partial charge is 0.426 e. The molecule has 0 atom stereocenters. The summed E-state index contributed by atoms with van der Waals surface area (Å²) in [6, 6.07) is 33.3. The standard InChI is InChI=1S/C33H28O8/c34-30(38-24-14-5-1-6-15-24)28(31(35)39-25-16-7-2-8-17-25)22-13-23-29(32(36)40-26-18-9-3-10-19-26)33(37)41-27-20-11-4-12-21-27/h1-12,14-21,28-29H,13,22-23H2. The first-order chi connectivity index (χ1) is 20.0. The topological polar surface area (TPSA) is 105 Å². The zero-order valence-corrected chi connectivity index (χ0v) is 22.1. The van der Waals surface area contributed by atoms with Gasteiger partial charge in [-0.1, -0.05) is 79.2 Å². The lowest BCUT2D eigenvalue weighted by molar-refractivity contribution is -0.152. The minimum Gasteiger partial charge on any atom is -0.426 e. The van der Waals surface area contributed by atoms with E-state index in [-0.39, 0.29) is 42.3 Å². The molecule has 0 aliphatic heterocycles. The number of rotatable bonds is 12. The lowest BCUT2D eigenvalue weighted by atomic mass is 9.96. The minimum atomic E-state index is -1.31. The third kappa shape index (κ3) is 8.90. The van der Waals surface area contributed by atoms with Crippen LogP contribution in [0.5, 0.6) is 23.0 Å². The number of hydrogen-bond donors (Lipinski definition) is 0. The fourth-order valence-electron chi connectivity index (χ4n) is 3.89. The van der Waals surface area contributed by atoms with Gasteiger partial charge in [0.2, 0.25) is 0 Å². The first-order valence-electron chi connectivity index (χ1n) is 13.1. The summed E-state index contributed by atoms with van der Waals surface area (Å²) in [6.45, 7) is 0. The molecule has 0 saturated carbocycles. The summed E-state index contributed by atoms with van der Waals surface area (Å²) in [5.41, 5.74) is 0. The van der Waals surface area contributed by atoms with E-state index in [1.807, 2.05) is 0 Å². The maximum absolute atomic E-state index is 13.1. The summed E-state index contributed by atoms with van der Waals surface area (Å²) in [5.74, 6) is -4.80. The van der Waals surface area contributed by atoms with Gasteiger partial charge in [0.1, 0.15) is 23.0 Å². The number of esters is 4. The lowest BCUT2D eigenvalue weighted by Crippen LogP contribution is -2.33. The molecule has 0 unspecified atom stereocenters. The molecule has 0 saturated heterocycles. The Balaban J connectivity index is 1.48.